The Kier molecular flexibility index (Phi) is 5.83. The third kappa shape index (κ3) is 4.56. The van der Waals surface area contributed by atoms with Gasteiger partial charge in [0.05, 0.1) is 6.04 Å². The van der Waals surface area contributed by atoms with Crippen LogP contribution in [0.4, 0.5) is 5.69 Å². The second kappa shape index (κ2) is 7.14. The first kappa shape index (κ1) is 15.5. The van der Waals surface area contributed by atoms with Crippen molar-refractivity contribution >= 4 is 11.6 Å². The predicted octanol–water partition coefficient (Wildman–Crippen LogP) is 2.00. The summed E-state index contributed by atoms with van der Waals surface area (Å²) in [5.74, 6) is 0.0695. The number of benzene rings is 1. The van der Waals surface area contributed by atoms with Crippen molar-refractivity contribution in [3.8, 4) is 0 Å². The Hall–Kier alpha value is -1.55. The van der Waals surface area contributed by atoms with Gasteiger partial charge < -0.3 is 11.1 Å². The zero-order valence-corrected chi connectivity index (χ0v) is 12.3. The second-order valence-electron chi connectivity index (χ2n) is 5.08. The summed E-state index contributed by atoms with van der Waals surface area (Å²) in [6.45, 7) is 9.46. The van der Waals surface area contributed by atoms with E-state index in [2.05, 4.69) is 24.1 Å². The Morgan fingerprint density at radius 2 is 2.05 bits per heavy atom. The lowest BCUT2D eigenvalue weighted by atomic mass is 10.1. The van der Waals surface area contributed by atoms with E-state index in [1.165, 1.54) is 0 Å². The summed E-state index contributed by atoms with van der Waals surface area (Å²) >= 11 is 0. The molecule has 19 heavy (non-hydrogen) atoms. The average Bonchev–Trinajstić information content (AvgIpc) is 2.35. The highest BCUT2D eigenvalue weighted by atomic mass is 16.2. The molecule has 1 unspecified atom stereocenters. The maximum atomic E-state index is 12.0. The Balaban J connectivity index is 2.81. The number of hydrogen-bond donors (Lipinski definition) is 2. The molecule has 0 saturated heterocycles. The molecule has 0 aromatic heterocycles. The number of nitrogens with zero attached hydrogens (tertiary/aromatic N) is 1. The molecule has 4 nitrogen and oxygen atoms in total. The molecule has 0 fully saturated rings. The Labute approximate surface area is 116 Å². The van der Waals surface area contributed by atoms with E-state index >= 15 is 0 Å². The standard InChI is InChI=1S/C15H25N3O/c1-5-17-15(19)12(4)18(11(2)3)10-13-7-6-8-14(16)9-13/h6-9,11-12H,5,10,16H2,1-4H3,(H,17,19). The van der Waals surface area contributed by atoms with Crippen molar-refractivity contribution in [1.82, 2.24) is 10.2 Å². The van der Waals surface area contributed by atoms with E-state index in [1.807, 2.05) is 38.1 Å². The lowest BCUT2D eigenvalue weighted by molar-refractivity contribution is -0.126. The van der Waals surface area contributed by atoms with E-state index in [1.54, 1.807) is 0 Å². The molecule has 3 N–H and O–H groups in total. The molecule has 4 heteroatoms. The summed E-state index contributed by atoms with van der Waals surface area (Å²) in [5, 5.41) is 2.87. The number of likely N-dealkylation sites (N-methyl/N-ethyl adjacent to an activating group) is 1. The first-order valence-electron chi connectivity index (χ1n) is 6.83. The predicted molar refractivity (Wildman–Crippen MR) is 79.7 cm³/mol. The maximum Gasteiger partial charge on any atom is 0.237 e. The molecular formula is C15H25N3O. The van der Waals surface area contributed by atoms with Gasteiger partial charge in [-0.15, -0.1) is 0 Å². The zero-order chi connectivity index (χ0) is 14.4. The van der Waals surface area contributed by atoms with Gasteiger partial charge in [0.25, 0.3) is 0 Å². The maximum absolute atomic E-state index is 12.0. The highest BCUT2D eigenvalue weighted by Gasteiger charge is 2.23. The molecule has 106 valence electrons. The topological polar surface area (TPSA) is 58.4 Å². The van der Waals surface area contributed by atoms with E-state index in [9.17, 15) is 4.79 Å². The quantitative estimate of drug-likeness (QED) is 0.772. The third-order valence-electron chi connectivity index (χ3n) is 3.21. The lowest BCUT2D eigenvalue weighted by Gasteiger charge is -2.31. The number of carbonyl (C=O) groups excluding carboxylic acids is 1. The molecule has 0 bridgehead atoms. The van der Waals surface area contributed by atoms with Gasteiger partial charge in [-0.25, -0.2) is 0 Å². The number of hydrogen-bond acceptors (Lipinski definition) is 3. The number of nitrogens with one attached hydrogen (secondary N) is 1. The minimum atomic E-state index is -0.151. The molecule has 1 atom stereocenters. The summed E-state index contributed by atoms with van der Waals surface area (Å²) in [6, 6.07) is 7.95. The van der Waals surface area contributed by atoms with Crippen LogP contribution in [0.2, 0.25) is 0 Å². The summed E-state index contributed by atoms with van der Waals surface area (Å²) in [6.07, 6.45) is 0. The molecule has 1 amide bonds. The van der Waals surface area contributed by atoms with Crippen molar-refractivity contribution in [2.24, 2.45) is 0 Å². The van der Waals surface area contributed by atoms with E-state index in [-0.39, 0.29) is 11.9 Å². The van der Waals surface area contributed by atoms with E-state index in [0.29, 0.717) is 12.6 Å². The molecule has 0 spiro atoms. The molecule has 1 aromatic rings. The Morgan fingerprint density at radius 1 is 1.37 bits per heavy atom. The molecular weight excluding hydrogens is 238 g/mol. The van der Waals surface area contributed by atoms with Gasteiger partial charge in [0.15, 0.2) is 0 Å². The van der Waals surface area contributed by atoms with Crippen LogP contribution in [-0.4, -0.2) is 29.4 Å². The largest absolute Gasteiger partial charge is 0.399 e. The van der Waals surface area contributed by atoms with Gasteiger partial charge in [0, 0.05) is 24.8 Å². The van der Waals surface area contributed by atoms with Gasteiger partial charge >= 0.3 is 0 Å². The van der Waals surface area contributed by atoms with Crippen LogP contribution in [0.1, 0.15) is 33.3 Å². The van der Waals surface area contributed by atoms with Gasteiger partial charge in [-0.1, -0.05) is 12.1 Å². The zero-order valence-electron chi connectivity index (χ0n) is 12.3. The monoisotopic (exact) mass is 263 g/mol. The van der Waals surface area contributed by atoms with Crippen molar-refractivity contribution in [3.05, 3.63) is 29.8 Å². The average molecular weight is 263 g/mol. The number of rotatable bonds is 6. The third-order valence-corrected chi connectivity index (χ3v) is 3.21. The van der Waals surface area contributed by atoms with Crippen LogP contribution < -0.4 is 11.1 Å². The number of nitrogen functional groups attached to an aromatic ring is 1. The fourth-order valence-corrected chi connectivity index (χ4v) is 2.14. The summed E-state index contributed by atoms with van der Waals surface area (Å²) in [5.41, 5.74) is 7.68. The van der Waals surface area contributed by atoms with Crippen LogP contribution in [0.3, 0.4) is 0 Å². The van der Waals surface area contributed by atoms with Crippen LogP contribution >= 0.6 is 0 Å². The molecule has 0 aliphatic rings. The molecule has 1 rings (SSSR count). The highest BCUT2D eigenvalue weighted by Crippen LogP contribution is 2.14. The lowest BCUT2D eigenvalue weighted by Crippen LogP contribution is -2.47. The summed E-state index contributed by atoms with van der Waals surface area (Å²) < 4.78 is 0. The first-order valence-corrected chi connectivity index (χ1v) is 6.83. The molecule has 0 aliphatic heterocycles. The number of amides is 1. The molecule has 1 aromatic carbocycles. The van der Waals surface area contributed by atoms with Gasteiger partial charge in [0.1, 0.15) is 0 Å². The van der Waals surface area contributed by atoms with E-state index in [4.69, 9.17) is 5.73 Å². The van der Waals surface area contributed by atoms with Crippen LogP contribution in [0.5, 0.6) is 0 Å². The van der Waals surface area contributed by atoms with Crippen LogP contribution in [0, 0.1) is 0 Å². The van der Waals surface area contributed by atoms with Crippen molar-refractivity contribution in [2.45, 2.75) is 46.3 Å². The van der Waals surface area contributed by atoms with Gasteiger partial charge in [-0.05, 0) is 45.4 Å². The van der Waals surface area contributed by atoms with E-state index < -0.39 is 0 Å². The fraction of sp³-hybridized carbons (Fsp3) is 0.533. The summed E-state index contributed by atoms with van der Waals surface area (Å²) in [4.78, 5) is 14.1. The second-order valence-corrected chi connectivity index (χ2v) is 5.08. The van der Waals surface area contributed by atoms with Crippen LogP contribution in [-0.2, 0) is 11.3 Å². The minimum Gasteiger partial charge on any atom is -0.399 e. The van der Waals surface area contributed by atoms with Gasteiger partial charge in [-0.3, -0.25) is 9.69 Å². The van der Waals surface area contributed by atoms with Gasteiger partial charge in [0.2, 0.25) is 5.91 Å². The SMILES string of the molecule is CCNC(=O)C(C)N(Cc1cccc(N)c1)C(C)C. The van der Waals surface area contributed by atoms with Crippen molar-refractivity contribution < 1.29 is 4.79 Å². The van der Waals surface area contributed by atoms with Crippen LogP contribution in [0.15, 0.2) is 24.3 Å². The fourth-order valence-electron chi connectivity index (χ4n) is 2.14. The van der Waals surface area contributed by atoms with Gasteiger partial charge in [-0.2, -0.15) is 0 Å². The molecule has 0 saturated carbocycles. The summed E-state index contributed by atoms with van der Waals surface area (Å²) in [7, 11) is 0. The molecule has 0 radical (unpaired) electrons. The number of nitrogens with two attached hydrogens (primary N) is 1. The normalized spacial score (nSPS) is 12.7. The minimum absolute atomic E-state index is 0.0695. The van der Waals surface area contributed by atoms with Crippen LogP contribution in [0.25, 0.3) is 0 Å². The molecule has 0 aliphatic carbocycles. The highest BCUT2D eigenvalue weighted by molar-refractivity contribution is 5.81. The Morgan fingerprint density at radius 3 is 2.58 bits per heavy atom. The number of carbonyl (C=O) groups is 1. The molecule has 0 heterocycles. The Bertz CT molecular complexity index is 418. The van der Waals surface area contributed by atoms with Crippen molar-refractivity contribution in [2.75, 3.05) is 12.3 Å². The number of anilines is 1. The van der Waals surface area contributed by atoms with E-state index in [0.717, 1.165) is 17.8 Å². The van der Waals surface area contributed by atoms with Crippen molar-refractivity contribution in [1.29, 1.82) is 0 Å². The van der Waals surface area contributed by atoms with Crippen molar-refractivity contribution in [3.63, 3.8) is 0 Å². The first-order chi connectivity index (χ1) is 8.95. The smallest absolute Gasteiger partial charge is 0.237 e.